The quantitative estimate of drug-likeness (QED) is 0.558. The second-order valence-electron chi connectivity index (χ2n) is 7.54. The van der Waals surface area contributed by atoms with Crippen molar-refractivity contribution < 1.29 is 23.6 Å². The van der Waals surface area contributed by atoms with E-state index in [1.807, 2.05) is 32.9 Å². The molecule has 1 aromatic heterocycles. The third-order valence-corrected chi connectivity index (χ3v) is 5.84. The van der Waals surface area contributed by atoms with Gasteiger partial charge in [-0.3, -0.25) is 4.98 Å². The third kappa shape index (κ3) is 4.71. The molecule has 0 unspecified atom stereocenters. The van der Waals surface area contributed by atoms with Gasteiger partial charge in [0.25, 0.3) is 0 Å². The third-order valence-electron chi connectivity index (χ3n) is 4.40. The molecule has 0 radical (unpaired) electrons. The number of nitrogens with zero attached hydrogens (tertiary/aromatic N) is 2. The van der Waals surface area contributed by atoms with Crippen molar-refractivity contribution in [3.63, 3.8) is 0 Å². The van der Waals surface area contributed by atoms with Gasteiger partial charge < -0.3 is 18.8 Å². The number of methoxy groups -OCH3 is 2. The predicted molar refractivity (Wildman–Crippen MR) is 111 cm³/mol. The second kappa shape index (κ2) is 8.42. The Kier molecular flexibility index (Phi) is 6.14. The second-order valence-corrected chi connectivity index (χ2v) is 9.44. The van der Waals surface area contributed by atoms with Crippen molar-refractivity contribution in [1.29, 1.82) is 0 Å². The van der Waals surface area contributed by atoms with Crippen LogP contribution in [0.5, 0.6) is 11.5 Å². The van der Waals surface area contributed by atoms with Crippen LogP contribution in [0.3, 0.4) is 0 Å². The van der Waals surface area contributed by atoms with Gasteiger partial charge in [0, 0.05) is 24.2 Å². The monoisotopic (exact) mass is 416 g/mol. The molecule has 3 rings (SSSR count). The maximum Gasteiger partial charge on any atom is 0.339 e. The van der Waals surface area contributed by atoms with E-state index in [4.69, 9.17) is 14.2 Å². The molecule has 2 atom stereocenters. The zero-order chi connectivity index (χ0) is 21.2. The van der Waals surface area contributed by atoms with Gasteiger partial charge in [-0.25, -0.2) is 4.79 Å². The number of aromatic nitrogens is 1. The summed E-state index contributed by atoms with van der Waals surface area (Å²) in [5, 5.41) is 0. The molecular weight excluding hydrogens is 392 g/mol. The van der Waals surface area contributed by atoms with E-state index in [1.165, 1.54) is 13.3 Å². The molecule has 1 aliphatic heterocycles. The summed E-state index contributed by atoms with van der Waals surface area (Å²) in [5.41, 5.74) is 2.47. The number of hydrogen-bond donors (Lipinski definition) is 0. The average Bonchev–Trinajstić information content (AvgIpc) is 2.71. The Morgan fingerprint density at radius 1 is 1.28 bits per heavy atom. The van der Waals surface area contributed by atoms with Crippen LogP contribution in [0.15, 0.2) is 40.9 Å². The summed E-state index contributed by atoms with van der Waals surface area (Å²) < 4.78 is 32.8. The number of fused-ring (bicyclic) bond motifs is 1. The first-order valence-electron chi connectivity index (χ1n) is 9.12. The van der Waals surface area contributed by atoms with E-state index >= 15 is 0 Å². The Hall–Kier alpha value is -2.58. The topological polar surface area (TPSA) is 93.1 Å². The molecule has 0 bridgehead atoms. The van der Waals surface area contributed by atoms with Crippen LogP contribution < -0.4 is 9.47 Å². The molecule has 0 saturated heterocycles. The van der Waals surface area contributed by atoms with E-state index in [-0.39, 0.29) is 0 Å². The van der Waals surface area contributed by atoms with Gasteiger partial charge in [0.1, 0.15) is 39.4 Å². The highest BCUT2D eigenvalue weighted by molar-refractivity contribution is 7.91. The van der Waals surface area contributed by atoms with Crippen LogP contribution in [0, 0.1) is 0 Å². The number of carbonyl (C=O) groups excluding carboxylic acids is 1. The summed E-state index contributed by atoms with van der Waals surface area (Å²) in [6.07, 6.45) is 1.43. The summed E-state index contributed by atoms with van der Waals surface area (Å²) in [5.74, 6) is 0.783. The minimum absolute atomic E-state index is 0.358. The zero-order valence-corrected chi connectivity index (χ0v) is 17.9. The molecule has 8 heteroatoms. The molecular formula is C21H24N2O5S. The zero-order valence-electron chi connectivity index (χ0n) is 17.1. The lowest BCUT2D eigenvalue weighted by Crippen LogP contribution is -2.29. The Balaban J connectivity index is 1.99. The lowest BCUT2D eigenvalue weighted by atomic mass is 9.97. The molecule has 1 aromatic carbocycles. The van der Waals surface area contributed by atoms with Gasteiger partial charge in [-0.15, -0.1) is 0 Å². The minimum Gasteiger partial charge on any atom is -0.591 e. The van der Waals surface area contributed by atoms with Crippen LogP contribution in [-0.2, 0) is 16.1 Å². The van der Waals surface area contributed by atoms with Crippen molar-refractivity contribution in [2.75, 3.05) is 14.2 Å². The van der Waals surface area contributed by atoms with Crippen molar-refractivity contribution >= 4 is 23.0 Å². The van der Waals surface area contributed by atoms with E-state index in [0.29, 0.717) is 34.9 Å². The first kappa shape index (κ1) is 21.1. The molecule has 0 spiro atoms. The number of rotatable bonds is 4. The van der Waals surface area contributed by atoms with Gasteiger partial charge in [0.15, 0.2) is 0 Å². The molecule has 154 valence electrons. The van der Waals surface area contributed by atoms with Crippen molar-refractivity contribution in [3.8, 4) is 11.5 Å². The van der Waals surface area contributed by atoms with Crippen molar-refractivity contribution in [2.45, 2.75) is 38.0 Å². The summed E-state index contributed by atoms with van der Waals surface area (Å²) in [6.45, 7) is 5.64. The van der Waals surface area contributed by atoms with E-state index in [1.54, 1.807) is 25.3 Å². The summed E-state index contributed by atoms with van der Waals surface area (Å²) >= 11 is -1.41. The number of pyridine rings is 1. The van der Waals surface area contributed by atoms with Crippen LogP contribution in [0.2, 0.25) is 0 Å². The van der Waals surface area contributed by atoms with Crippen LogP contribution in [-0.4, -0.2) is 40.2 Å². The molecule has 0 N–H and O–H groups in total. The van der Waals surface area contributed by atoms with Gasteiger partial charge in [-0.2, -0.15) is 0 Å². The van der Waals surface area contributed by atoms with Gasteiger partial charge in [-0.05, 0) is 45.0 Å². The van der Waals surface area contributed by atoms with E-state index < -0.39 is 28.2 Å². The number of benzene rings is 1. The fourth-order valence-electron chi connectivity index (χ4n) is 2.77. The molecule has 0 fully saturated rings. The van der Waals surface area contributed by atoms with Crippen LogP contribution in [0.1, 0.15) is 54.9 Å². The number of esters is 1. The SMILES string of the molecule is COC(=O)c1ccc([C@H]2CC(=N[S@@+]([O-])C(C)(C)C)c3ccc(OC)cc3O2)nc1. The predicted octanol–water partition coefficient (Wildman–Crippen LogP) is 3.65. The van der Waals surface area contributed by atoms with E-state index in [0.717, 1.165) is 5.56 Å². The standard InChI is InChI=1S/C21H24N2O5S/c1-21(2,3)29(25)23-17-11-19(16-9-6-13(12-22-16)20(24)27-5)28-18-10-14(26-4)7-8-15(17)18/h6-10,12,19H,11H2,1-5H3/t19-,29+/m1/s1. The van der Waals surface area contributed by atoms with E-state index in [2.05, 4.69) is 9.38 Å². The lowest BCUT2D eigenvalue weighted by Gasteiger charge is -2.28. The largest absolute Gasteiger partial charge is 0.591 e. The van der Waals surface area contributed by atoms with E-state index in [9.17, 15) is 9.35 Å². The minimum atomic E-state index is -1.41. The fraction of sp³-hybridized carbons (Fsp3) is 0.381. The van der Waals surface area contributed by atoms with Crippen LogP contribution in [0.25, 0.3) is 0 Å². The normalized spacial score (nSPS) is 18.6. The first-order valence-corrected chi connectivity index (χ1v) is 10.2. The Morgan fingerprint density at radius 3 is 2.62 bits per heavy atom. The van der Waals surface area contributed by atoms with Gasteiger partial charge in [0.2, 0.25) is 0 Å². The van der Waals surface area contributed by atoms with Crippen LogP contribution >= 0.6 is 0 Å². The highest BCUT2D eigenvalue weighted by Gasteiger charge is 2.33. The van der Waals surface area contributed by atoms with Gasteiger partial charge >= 0.3 is 5.97 Å². The maximum absolute atomic E-state index is 12.7. The number of hydrogen-bond acceptors (Lipinski definition) is 7. The number of carbonyl (C=O) groups is 1. The fourth-order valence-corrected chi connectivity index (χ4v) is 3.42. The molecule has 2 heterocycles. The molecule has 7 nitrogen and oxygen atoms in total. The summed E-state index contributed by atoms with van der Waals surface area (Å²) in [7, 11) is 2.90. The smallest absolute Gasteiger partial charge is 0.339 e. The summed E-state index contributed by atoms with van der Waals surface area (Å²) in [6, 6.07) is 8.82. The first-order chi connectivity index (χ1) is 13.7. The molecule has 2 aromatic rings. The van der Waals surface area contributed by atoms with Gasteiger partial charge in [-0.1, -0.05) is 4.40 Å². The molecule has 1 aliphatic rings. The lowest BCUT2D eigenvalue weighted by molar-refractivity contribution is 0.0600. The Labute approximate surface area is 173 Å². The highest BCUT2D eigenvalue weighted by Crippen LogP contribution is 2.37. The van der Waals surface area contributed by atoms with Crippen LogP contribution in [0.4, 0.5) is 0 Å². The van der Waals surface area contributed by atoms with Crippen molar-refractivity contribution in [2.24, 2.45) is 4.40 Å². The Bertz CT molecular complexity index is 922. The van der Waals surface area contributed by atoms with Crippen molar-refractivity contribution in [1.82, 2.24) is 4.98 Å². The number of ether oxygens (including phenoxy) is 3. The maximum atomic E-state index is 12.7. The highest BCUT2D eigenvalue weighted by atomic mass is 32.2. The molecule has 29 heavy (non-hydrogen) atoms. The molecule has 0 saturated carbocycles. The Morgan fingerprint density at radius 2 is 2.03 bits per heavy atom. The van der Waals surface area contributed by atoms with Crippen molar-refractivity contribution in [3.05, 3.63) is 53.3 Å². The molecule has 0 amide bonds. The average molecular weight is 416 g/mol. The molecule has 0 aliphatic carbocycles. The van der Waals surface area contributed by atoms with Gasteiger partial charge in [0.05, 0.1) is 25.5 Å². The summed E-state index contributed by atoms with van der Waals surface area (Å²) in [4.78, 5) is 16.0.